The van der Waals surface area contributed by atoms with Crippen molar-refractivity contribution in [2.45, 2.75) is 109 Å². The maximum absolute atomic E-state index is 13.1. The summed E-state index contributed by atoms with van der Waals surface area (Å²) in [5.74, 6) is 0.833. The molecule has 3 heterocycles. The van der Waals surface area contributed by atoms with Gasteiger partial charge in [0.1, 0.15) is 11.6 Å². The number of nitrogens with zero attached hydrogens (tertiary/aromatic N) is 3. The van der Waals surface area contributed by atoms with E-state index in [-0.39, 0.29) is 46.7 Å². The van der Waals surface area contributed by atoms with Crippen molar-refractivity contribution in [3.05, 3.63) is 274 Å². The van der Waals surface area contributed by atoms with E-state index in [2.05, 4.69) is 89.1 Å². The molecule has 17 rings (SSSR count). The molecule has 10 aromatic rings. The summed E-state index contributed by atoms with van der Waals surface area (Å²) >= 11 is 15.4. The second kappa shape index (κ2) is 50.7. The number of carbonyl (C=O) groups excluding carboxylic acids is 8. The zero-order valence-electron chi connectivity index (χ0n) is 74.5. The molecule has 31 heteroatoms. The summed E-state index contributed by atoms with van der Waals surface area (Å²) in [6.45, 7) is 13.7. The van der Waals surface area contributed by atoms with E-state index in [9.17, 15) is 47.1 Å². The van der Waals surface area contributed by atoms with Crippen LogP contribution in [0.25, 0.3) is 11.1 Å². The number of benzene rings is 10. The van der Waals surface area contributed by atoms with E-state index >= 15 is 0 Å². The molecule has 694 valence electrons. The summed E-state index contributed by atoms with van der Waals surface area (Å²) < 4.78 is 48.9. The van der Waals surface area contributed by atoms with Crippen LogP contribution in [0.3, 0.4) is 0 Å². The Hall–Kier alpha value is -11.0. The number of rotatable bonds is 26. The Bertz CT molecular complexity index is 5690. The van der Waals surface area contributed by atoms with Crippen LogP contribution in [0, 0.1) is 11.6 Å². The minimum Gasteiger partial charge on any atom is -0.493 e. The van der Waals surface area contributed by atoms with Gasteiger partial charge in [0.05, 0.1) is 45.5 Å². The minimum atomic E-state index is -1.55. The molecule has 4 aliphatic carbocycles. The Labute approximate surface area is 799 Å². The van der Waals surface area contributed by atoms with Crippen LogP contribution < -0.4 is 62.5 Å². The molecule has 0 bridgehead atoms. The Morgan fingerprint density at radius 3 is 1.14 bits per heavy atom. The number of amides is 3. The van der Waals surface area contributed by atoms with Gasteiger partial charge in [-0.2, -0.15) is 0 Å². The van der Waals surface area contributed by atoms with Gasteiger partial charge in [0.25, 0.3) is 23.0 Å². The van der Waals surface area contributed by atoms with E-state index in [1.165, 1.54) is 154 Å². The van der Waals surface area contributed by atoms with Crippen molar-refractivity contribution in [3.63, 3.8) is 0 Å². The highest BCUT2D eigenvalue weighted by Crippen LogP contribution is 2.45. The van der Waals surface area contributed by atoms with Gasteiger partial charge >= 0.3 is 7.12 Å². The number of ketones is 4. The third-order valence-electron chi connectivity index (χ3n) is 23.5. The SMILES string of the molecule is COc1cccc(-c2ccc(NC(=O)c3ccc(NCCCN4CCCC4)cc3)c3c2CCC3=O)c1OC.COc1cccc(B(O)O)c1OC.NCCCN1CCCC1.Nc1ccc(Br)c2c1C(=O)CC2.O=C(Cl)c1ccc(F)cc1.O=C(Nc1ccc(Br)c2c1C(=O)CC2)c1ccc(F)cc1.O=C(Nc1ccc(Br)c2c1C(=O)CC2)c1ccc(NCCCN2CCCC2)cc1. The molecule has 3 fully saturated rings. The zero-order valence-corrected chi connectivity index (χ0v) is 80.0. The standard InChI is InChI=1S/C31H35N3O4.C23H26BrN3O2.C16H11BrFNO2.C9H8BrNO.C8H11BO4.C7H4ClFO.C7H16N2/c1-37-28-8-5-7-25(30(28)38-2)23-13-15-26(29-24(23)14-16-27(29)35)33-31(36)21-9-11-22(12-10-21)32-17-6-20-34-18-3-4-19-34;24-19-9-10-20(22-18(19)8-11-21(22)28)26-23(29)16-4-6-17(7-5-16)25-12-3-15-27-13-1-2-14-27;17-12-6-7-13(15-11(12)5-8-14(15)20)19-16(21)9-1-3-10(18)4-2-9;10-6-2-3-7(11)9-5(6)1-4-8(9)12;1-12-7-5-3-4-6(9(10)11)8(7)13-2;8-7(10)5-1-3-6(9)4-2-5;8-4-3-7-9-5-1-2-6-9/h5,7-13,15,32H,3-4,6,14,16-20H2,1-2H3,(H,33,36);4-7,9-10,25H,1-3,8,11-15H2,(H,26,29);1-4,6-7H,5,8H2,(H,19,21);2-3H,1,4,11H2;3-5,10-11H,1-2H3;1-4H;1-8H2. The molecule has 3 saturated heterocycles. The lowest BCUT2D eigenvalue weighted by molar-refractivity contribution is 0.0985. The van der Waals surface area contributed by atoms with Crippen molar-refractivity contribution < 1.29 is 76.1 Å². The number of para-hydroxylation sites is 2. The van der Waals surface area contributed by atoms with Crippen LogP contribution in [-0.4, -0.2) is 185 Å². The number of likely N-dealkylation sites (tertiary alicyclic amines) is 3. The lowest BCUT2D eigenvalue weighted by atomic mass is 9.79. The molecule has 132 heavy (non-hydrogen) atoms. The molecule has 11 N–H and O–H groups in total. The fourth-order valence-electron chi connectivity index (χ4n) is 16.7. The number of nitrogen functional groups attached to an aromatic ring is 1. The Kier molecular flexibility index (Phi) is 39.0. The van der Waals surface area contributed by atoms with Gasteiger partial charge in [-0.25, -0.2) is 8.78 Å². The normalized spacial score (nSPS) is 14.3. The number of halogens is 6. The topological polar surface area (TPSA) is 336 Å². The molecule has 0 aromatic heterocycles. The fourth-order valence-corrected chi connectivity index (χ4v) is 18.4. The summed E-state index contributed by atoms with van der Waals surface area (Å²) in [7, 11) is 4.60. The van der Waals surface area contributed by atoms with Crippen molar-refractivity contribution in [3.8, 4) is 34.1 Å². The van der Waals surface area contributed by atoms with Crippen molar-refractivity contribution in [2.75, 3.05) is 139 Å². The van der Waals surface area contributed by atoms with Gasteiger partial charge in [0, 0.05) is 125 Å². The van der Waals surface area contributed by atoms with Gasteiger partial charge in [0.2, 0.25) is 0 Å². The molecule has 0 atom stereocenters. The first-order valence-corrected chi connectivity index (χ1v) is 47.0. The number of nitrogens with two attached hydrogens (primary N) is 2. The lowest BCUT2D eigenvalue weighted by Crippen LogP contribution is -2.31. The summed E-state index contributed by atoms with van der Waals surface area (Å²) in [4.78, 5) is 104. The van der Waals surface area contributed by atoms with Crippen LogP contribution in [0.1, 0.15) is 189 Å². The predicted octanol–water partition coefficient (Wildman–Crippen LogP) is 18.5. The fraction of sp³-hybridized carbons (Fsp3) is 0.327. The average molecular weight is 2010 g/mol. The number of nitrogens with one attached hydrogen (secondary N) is 5. The molecular formula is C101H111BBr3ClF2N10O14. The maximum atomic E-state index is 13.1. The Morgan fingerprint density at radius 1 is 0.409 bits per heavy atom. The van der Waals surface area contributed by atoms with Crippen LogP contribution in [-0.2, 0) is 25.7 Å². The number of hydrogen-bond acceptors (Lipinski definition) is 21. The van der Waals surface area contributed by atoms with Crippen molar-refractivity contribution in [1.82, 2.24) is 14.7 Å². The third kappa shape index (κ3) is 27.8. The number of ether oxygens (including phenoxy) is 4. The second-order valence-electron chi connectivity index (χ2n) is 32.2. The quantitative estimate of drug-likeness (QED) is 0.0105. The first kappa shape index (κ1) is 102. The molecule has 24 nitrogen and oxygen atoms in total. The first-order chi connectivity index (χ1) is 63.8. The molecule has 0 radical (unpaired) electrons. The number of methoxy groups -OCH3 is 4. The summed E-state index contributed by atoms with van der Waals surface area (Å²) in [6.07, 6.45) is 16.3. The summed E-state index contributed by atoms with van der Waals surface area (Å²) in [5, 5.41) is 32.9. The number of Topliss-reactive ketones (excluding diaryl/α,β-unsaturated/α-hetero) is 4. The molecule has 0 saturated carbocycles. The number of carbonyl (C=O) groups is 8. The molecule has 10 aromatic carbocycles. The lowest BCUT2D eigenvalue weighted by Gasteiger charge is -2.17. The van der Waals surface area contributed by atoms with E-state index in [4.69, 9.17) is 52.1 Å². The third-order valence-corrected chi connectivity index (χ3v) is 25.9. The smallest absolute Gasteiger partial charge is 0.492 e. The first-order valence-electron chi connectivity index (χ1n) is 44.3. The van der Waals surface area contributed by atoms with Crippen molar-refractivity contribution in [2.24, 2.45) is 5.73 Å². The van der Waals surface area contributed by atoms with Crippen LogP contribution >= 0.6 is 59.4 Å². The summed E-state index contributed by atoms with van der Waals surface area (Å²) in [5.41, 5.74) is 25.6. The van der Waals surface area contributed by atoms with Crippen LogP contribution in [0.5, 0.6) is 23.0 Å². The van der Waals surface area contributed by atoms with Gasteiger partial charge < -0.3 is 81.7 Å². The van der Waals surface area contributed by atoms with E-state index in [1.807, 2.05) is 97.1 Å². The predicted molar refractivity (Wildman–Crippen MR) is 528 cm³/mol. The number of fused-ring (bicyclic) bond motifs is 4. The molecule has 7 aliphatic rings. The van der Waals surface area contributed by atoms with Crippen LogP contribution in [0.15, 0.2) is 195 Å². The highest BCUT2D eigenvalue weighted by molar-refractivity contribution is 9.11. The molecule has 3 amide bonds. The second-order valence-corrected chi connectivity index (χ2v) is 35.2. The highest BCUT2D eigenvalue weighted by Gasteiger charge is 2.32. The van der Waals surface area contributed by atoms with Crippen LogP contribution in [0.4, 0.5) is 42.9 Å². The minimum absolute atomic E-state index is 0.0284. The van der Waals surface area contributed by atoms with Crippen molar-refractivity contribution >= 4 is 152 Å². The van der Waals surface area contributed by atoms with E-state index in [0.717, 1.165) is 122 Å². The van der Waals surface area contributed by atoms with Gasteiger partial charge in [-0.1, -0.05) is 78.1 Å². The number of anilines is 6. The van der Waals surface area contributed by atoms with Gasteiger partial charge in [-0.3, -0.25) is 38.4 Å². The zero-order chi connectivity index (χ0) is 94.3. The van der Waals surface area contributed by atoms with Crippen LogP contribution in [0.2, 0.25) is 0 Å². The maximum Gasteiger partial charge on any atom is 0.492 e. The molecule has 0 spiro atoms. The molecular weight excluding hydrogens is 1900 g/mol. The van der Waals surface area contributed by atoms with Gasteiger partial charge in [-0.15, -0.1) is 0 Å². The largest absolute Gasteiger partial charge is 0.493 e. The van der Waals surface area contributed by atoms with E-state index < -0.39 is 18.2 Å². The monoisotopic (exact) mass is 2010 g/mol. The van der Waals surface area contributed by atoms with Gasteiger partial charge in [0.15, 0.2) is 46.1 Å². The Balaban J connectivity index is 0.000000158. The van der Waals surface area contributed by atoms with E-state index in [0.29, 0.717) is 129 Å². The summed E-state index contributed by atoms with van der Waals surface area (Å²) in [6, 6.07) is 50.6. The van der Waals surface area contributed by atoms with Crippen molar-refractivity contribution in [1.29, 1.82) is 0 Å². The average Bonchev–Trinajstić information content (AvgIpc) is 1.61. The molecule has 0 unspecified atom stereocenters. The van der Waals surface area contributed by atoms with Gasteiger partial charge in [-0.05, 0) is 340 Å². The van der Waals surface area contributed by atoms with E-state index in [1.54, 1.807) is 50.6 Å². The highest BCUT2D eigenvalue weighted by atomic mass is 79.9. The molecule has 3 aliphatic heterocycles. The number of hydrogen-bond donors (Lipinski definition) is 9. The Morgan fingerprint density at radius 2 is 0.758 bits per heavy atom.